The average Bonchev–Trinajstić information content (AvgIpc) is 2.70. The van der Waals surface area contributed by atoms with Gasteiger partial charge in [0.2, 0.25) is 0 Å². The fraction of sp³-hybridized carbons (Fsp3) is 0.238. The van der Waals surface area contributed by atoms with E-state index in [4.69, 9.17) is 4.74 Å². The molecule has 0 spiro atoms. The van der Waals surface area contributed by atoms with E-state index in [1.807, 2.05) is 6.07 Å². The van der Waals surface area contributed by atoms with E-state index in [0.717, 1.165) is 16.7 Å². The highest BCUT2D eigenvalue weighted by molar-refractivity contribution is 5.98. The Bertz CT molecular complexity index is 1050. The van der Waals surface area contributed by atoms with Crippen LogP contribution >= 0.6 is 0 Å². The van der Waals surface area contributed by atoms with Crippen LogP contribution in [0, 0.1) is 5.82 Å². The predicted octanol–water partition coefficient (Wildman–Crippen LogP) is 2.91. The van der Waals surface area contributed by atoms with E-state index in [1.54, 1.807) is 36.5 Å². The number of rotatable bonds is 4. The molecular weight excluding hydrogens is 359 g/mol. The summed E-state index contributed by atoms with van der Waals surface area (Å²) in [6, 6.07) is 8.23. The molecule has 7 heteroatoms. The van der Waals surface area contributed by atoms with E-state index in [1.165, 1.54) is 19.2 Å². The van der Waals surface area contributed by atoms with Gasteiger partial charge in [0.1, 0.15) is 17.3 Å². The van der Waals surface area contributed by atoms with Crippen molar-refractivity contribution in [3.05, 3.63) is 70.8 Å². The maximum atomic E-state index is 13.8. The molecule has 0 fully saturated rings. The quantitative estimate of drug-likeness (QED) is 0.698. The molecule has 3 heterocycles. The second-order valence-corrected chi connectivity index (χ2v) is 6.79. The molecule has 142 valence electrons. The predicted molar refractivity (Wildman–Crippen MR) is 102 cm³/mol. The summed E-state index contributed by atoms with van der Waals surface area (Å²) in [5.41, 5.74) is 4.47. The SMILES string of the molecule is COc1cc(F)cc(Cc2cnnc(-c3nccc4c3CCN(C)C4=O)c2)c1. The molecule has 4 rings (SSSR count). The van der Waals surface area contributed by atoms with Crippen LogP contribution in [0.15, 0.2) is 42.7 Å². The second kappa shape index (κ2) is 7.34. The van der Waals surface area contributed by atoms with E-state index in [-0.39, 0.29) is 11.7 Å². The standard InChI is InChI=1S/C21H19FN4O2/c1-26-6-4-17-18(21(26)27)3-5-23-20(17)19-10-14(12-24-25-19)7-13-8-15(22)11-16(9-13)28-2/h3,5,8-12H,4,6-7H2,1-2H3. The zero-order valence-corrected chi connectivity index (χ0v) is 15.6. The van der Waals surface area contributed by atoms with Gasteiger partial charge in [0, 0.05) is 31.4 Å². The maximum Gasteiger partial charge on any atom is 0.254 e. The van der Waals surface area contributed by atoms with Gasteiger partial charge in [-0.2, -0.15) is 5.10 Å². The monoisotopic (exact) mass is 378 g/mol. The molecule has 0 N–H and O–H groups in total. The van der Waals surface area contributed by atoms with Crippen molar-refractivity contribution in [2.75, 3.05) is 20.7 Å². The number of amides is 1. The summed E-state index contributed by atoms with van der Waals surface area (Å²) in [7, 11) is 3.30. The number of likely N-dealkylation sites (N-methyl/N-ethyl adjacent to an activating group) is 1. The highest BCUT2D eigenvalue weighted by Crippen LogP contribution is 2.27. The van der Waals surface area contributed by atoms with Gasteiger partial charge < -0.3 is 9.64 Å². The van der Waals surface area contributed by atoms with Crippen LogP contribution in [-0.4, -0.2) is 46.7 Å². The van der Waals surface area contributed by atoms with Crippen LogP contribution in [0.3, 0.4) is 0 Å². The van der Waals surface area contributed by atoms with Crippen LogP contribution < -0.4 is 4.74 Å². The molecule has 2 aromatic heterocycles. The molecule has 28 heavy (non-hydrogen) atoms. The smallest absolute Gasteiger partial charge is 0.254 e. The van der Waals surface area contributed by atoms with E-state index in [0.29, 0.717) is 42.1 Å². The zero-order valence-electron chi connectivity index (χ0n) is 15.6. The van der Waals surface area contributed by atoms with Crippen molar-refractivity contribution in [3.8, 4) is 17.1 Å². The first kappa shape index (κ1) is 18.0. The van der Waals surface area contributed by atoms with Gasteiger partial charge in [0.05, 0.1) is 19.0 Å². The van der Waals surface area contributed by atoms with Crippen LogP contribution in [-0.2, 0) is 12.8 Å². The summed E-state index contributed by atoms with van der Waals surface area (Å²) in [6.45, 7) is 0.640. The minimum absolute atomic E-state index is 0.0131. The number of pyridine rings is 1. The number of hydrogen-bond acceptors (Lipinski definition) is 5. The summed E-state index contributed by atoms with van der Waals surface area (Å²) in [5, 5.41) is 8.31. The number of ether oxygens (including phenoxy) is 1. The Morgan fingerprint density at radius 2 is 2.07 bits per heavy atom. The lowest BCUT2D eigenvalue weighted by Gasteiger charge is -2.25. The molecule has 6 nitrogen and oxygen atoms in total. The zero-order chi connectivity index (χ0) is 19.7. The third-order valence-electron chi connectivity index (χ3n) is 4.86. The third kappa shape index (κ3) is 3.43. The van der Waals surface area contributed by atoms with E-state index < -0.39 is 0 Å². The molecule has 1 aromatic carbocycles. The van der Waals surface area contributed by atoms with E-state index >= 15 is 0 Å². The molecule has 3 aromatic rings. The van der Waals surface area contributed by atoms with Crippen LogP contribution in [0.4, 0.5) is 4.39 Å². The van der Waals surface area contributed by atoms with Crippen LogP contribution in [0.2, 0.25) is 0 Å². The molecule has 0 atom stereocenters. The first-order valence-electron chi connectivity index (χ1n) is 8.94. The Morgan fingerprint density at radius 1 is 1.21 bits per heavy atom. The fourth-order valence-electron chi connectivity index (χ4n) is 3.45. The Morgan fingerprint density at radius 3 is 2.89 bits per heavy atom. The van der Waals surface area contributed by atoms with Gasteiger partial charge in [0.25, 0.3) is 5.91 Å². The Balaban J connectivity index is 1.69. The van der Waals surface area contributed by atoms with Crippen molar-refractivity contribution in [2.24, 2.45) is 0 Å². The molecule has 0 saturated carbocycles. The molecule has 0 aliphatic carbocycles. The lowest BCUT2D eigenvalue weighted by atomic mass is 9.96. The lowest BCUT2D eigenvalue weighted by Crippen LogP contribution is -2.34. The summed E-state index contributed by atoms with van der Waals surface area (Å²) < 4.78 is 18.9. The first-order chi connectivity index (χ1) is 13.5. The molecule has 1 amide bonds. The largest absolute Gasteiger partial charge is 0.497 e. The lowest BCUT2D eigenvalue weighted by molar-refractivity contribution is 0.0781. The molecule has 1 aliphatic heterocycles. The van der Waals surface area contributed by atoms with Gasteiger partial charge in [-0.1, -0.05) is 0 Å². The normalized spacial score (nSPS) is 13.4. The molecule has 0 saturated heterocycles. The van der Waals surface area contributed by atoms with Gasteiger partial charge in [-0.15, -0.1) is 5.10 Å². The Kier molecular flexibility index (Phi) is 4.73. The molecule has 1 aliphatic rings. The summed E-state index contributed by atoms with van der Waals surface area (Å²) in [5.74, 6) is 0.109. The summed E-state index contributed by atoms with van der Waals surface area (Å²) >= 11 is 0. The summed E-state index contributed by atoms with van der Waals surface area (Å²) in [6.07, 6.45) is 4.47. The van der Waals surface area contributed by atoms with Gasteiger partial charge in [-0.3, -0.25) is 9.78 Å². The fourth-order valence-corrected chi connectivity index (χ4v) is 3.45. The minimum Gasteiger partial charge on any atom is -0.497 e. The number of methoxy groups -OCH3 is 1. The Hall–Kier alpha value is -3.35. The number of hydrogen-bond donors (Lipinski definition) is 0. The maximum absolute atomic E-state index is 13.8. The Labute approximate surface area is 162 Å². The minimum atomic E-state index is -0.349. The number of carbonyl (C=O) groups excluding carboxylic acids is 1. The number of nitrogens with zero attached hydrogens (tertiary/aromatic N) is 4. The number of benzene rings is 1. The van der Waals surface area contributed by atoms with Gasteiger partial charge >= 0.3 is 0 Å². The van der Waals surface area contributed by atoms with Gasteiger partial charge in [0.15, 0.2) is 0 Å². The van der Waals surface area contributed by atoms with Crippen molar-refractivity contribution in [1.29, 1.82) is 0 Å². The number of aromatic nitrogens is 3. The molecule has 0 radical (unpaired) electrons. The van der Waals surface area contributed by atoms with Gasteiger partial charge in [-0.05, 0) is 53.8 Å². The van der Waals surface area contributed by atoms with Crippen molar-refractivity contribution in [3.63, 3.8) is 0 Å². The number of fused-ring (bicyclic) bond motifs is 1. The van der Waals surface area contributed by atoms with Crippen LogP contribution in [0.25, 0.3) is 11.4 Å². The highest BCUT2D eigenvalue weighted by Gasteiger charge is 2.25. The van der Waals surface area contributed by atoms with Crippen LogP contribution in [0.1, 0.15) is 27.0 Å². The van der Waals surface area contributed by atoms with Crippen molar-refractivity contribution < 1.29 is 13.9 Å². The van der Waals surface area contributed by atoms with Gasteiger partial charge in [-0.25, -0.2) is 4.39 Å². The van der Waals surface area contributed by atoms with Crippen molar-refractivity contribution >= 4 is 5.91 Å². The first-order valence-corrected chi connectivity index (χ1v) is 8.94. The van der Waals surface area contributed by atoms with Crippen LogP contribution in [0.5, 0.6) is 5.75 Å². The van der Waals surface area contributed by atoms with E-state index in [2.05, 4.69) is 15.2 Å². The molecule has 0 unspecified atom stereocenters. The number of halogens is 1. The average molecular weight is 378 g/mol. The van der Waals surface area contributed by atoms with Crippen molar-refractivity contribution in [2.45, 2.75) is 12.8 Å². The summed E-state index contributed by atoms with van der Waals surface area (Å²) in [4.78, 5) is 18.6. The molecular formula is C21H19FN4O2. The highest BCUT2D eigenvalue weighted by atomic mass is 19.1. The van der Waals surface area contributed by atoms with Crippen molar-refractivity contribution in [1.82, 2.24) is 20.1 Å². The topological polar surface area (TPSA) is 68.2 Å². The molecule has 0 bridgehead atoms. The number of carbonyl (C=O) groups is 1. The second-order valence-electron chi connectivity index (χ2n) is 6.79. The van der Waals surface area contributed by atoms with E-state index in [9.17, 15) is 9.18 Å². The third-order valence-corrected chi connectivity index (χ3v) is 4.86.